The Balaban J connectivity index is 0.00000300. The van der Waals surface area contributed by atoms with Gasteiger partial charge in [-0.3, -0.25) is 4.99 Å². The lowest BCUT2D eigenvalue weighted by Gasteiger charge is -2.37. The summed E-state index contributed by atoms with van der Waals surface area (Å²) in [5, 5.41) is 3.50. The van der Waals surface area contributed by atoms with Crippen LogP contribution in [0.5, 0.6) is 11.5 Å². The minimum atomic E-state index is 0. The van der Waals surface area contributed by atoms with Crippen LogP contribution in [0.2, 0.25) is 0 Å². The van der Waals surface area contributed by atoms with Crippen LogP contribution in [0.15, 0.2) is 53.5 Å². The summed E-state index contributed by atoms with van der Waals surface area (Å²) < 4.78 is 10.6. The number of aliphatic imine (C=N–C) groups is 1. The van der Waals surface area contributed by atoms with E-state index in [1.54, 1.807) is 14.2 Å². The van der Waals surface area contributed by atoms with Crippen molar-refractivity contribution >= 4 is 35.6 Å². The van der Waals surface area contributed by atoms with E-state index in [0.29, 0.717) is 0 Å². The summed E-state index contributed by atoms with van der Waals surface area (Å²) in [5.41, 5.74) is 2.49. The van der Waals surface area contributed by atoms with E-state index >= 15 is 0 Å². The lowest BCUT2D eigenvalue weighted by atomic mass is 10.1. The van der Waals surface area contributed by atoms with Crippen molar-refractivity contribution in [2.24, 2.45) is 4.99 Å². The Morgan fingerprint density at radius 1 is 0.966 bits per heavy atom. The summed E-state index contributed by atoms with van der Waals surface area (Å²) in [6, 6.07) is 16.5. The van der Waals surface area contributed by atoms with Crippen LogP contribution < -0.4 is 19.7 Å². The number of hydrogen-bond donors (Lipinski definition) is 1. The van der Waals surface area contributed by atoms with Crippen LogP contribution in [0, 0.1) is 0 Å². The molecule has 6 nitrogen and oxygen atoms in total. The number of halogens is 1. The van der Waals surface area contributed by atoms with Crippen LogP contribution in [0.4, 0.5) is 5.69 Å². The van der Waals surface area contributed by atoms with E-state index in [9.17, 15) is 0 Å². The predicted molar refractivity (Wildman–Crippen MR) is 130 cm³/mol. The highest BCUT2D eigenvalue weighted by molar-refractivity contribution is 14.0. The molecule has 7 heteroatoms. The van der Waals surface area contributed by atoms with E-state index in [4.69, 9.17) is 9.47 Å². The van der Waals surface area contributed by atoms with Gasteiger partial charge in [0.15, 0.2) is 5.96 Å². The first-order chi connectivity index (χ1) is 13.7. The quantitative estimate of drug-likeness (QED) is 0.368. The molecule has 3 rings (SSSR count). The second-order valence-corrected chi connectivity index (χ2v) is 6.75. The van der Waals surface area contributed by atoms with E-state index in [1.165, 1.54) is 11.3 Å². The zero-order valence-corrected chi connectivity index (χ0v) is 19.8. The molecule has 1 N–H and O–H groups in total. The maximum atomic E-state index is 5.34. The molecular weight excluding hydrogens is 479 g/mol. The monoisotopic (exact) mass is 510 g/mol. The number of guanidine groups is 1. The molecule has 0 amide bonds. The van der Waals surface area contributed by atoms with Gasteiger partial charge in [0, 0.05) is 51.5 Å². The zero-order valence-electron chi connectivity index (χ0n) is 17.4. The van der Waals surface area contributed by atoms with E-state index < -0.39 is 0 Å². The standard InChI is InChI=1S/C22H30N4O2.HI/c1-23-22(24-12-11-18-7-9-20(27-2)10-8-18)26-15-13-25(14-16-26)19-5-4-6-21(17-19)28-3;/h4-10,17H,11-16H2,1-3H3,(H,23,24);1H. The van der Waals surface area contributed by atoms with Crippen molar-refractivity contribution in [3.05, 3.63) is 54.1 Å². The van der Waals surface area contributed by atoms with Crippen LogP contribution in [0.1, 0.15) is 5.56 Å². The highest BCUT2D eigenvalue weighted by atomic mass is 127. The number of anilines is 1. The molecule has 1 heterocycles. The average molecular weight is 510 g/mol. The van der Waals surface area contributed by atoms with E-state index in [2.05, 4.69) is 44.4 Å². The lowest BCUT2D eigenvalue weighted by molar-refractivity contribution is 0.372. The van der Waals surface area contributed by atoms with Crippen molar-refractivity contribution in [3.8, 4) is 11.5 Å². The second-order valence-electron chi connectivity index (χ2n) is 6.75. The van der Waals surface area contributed by atoms with Crippen LogP contribution >= 0.6 is 24.0 Å². The molecule has 0 aliphatic carbocycles. The number of ether oxygens (including phenoxy) is 2. The molecule has 0 bridgehead atoms. The van der Waals surface area contributed by atoms with Crippen molar-refractivity contribution in [1.29, 1.82) is 0 Å². The van der Waals surface area contributed by atoms with Gasteiger partial charge >= 0.3 is 0 Å². The normalized spacial score (nSPS) is 14.2. The van der Waals surface area contributed by atoms with Crippen molar-refractivity contribution in [1.82, 2.24) is 10.2 Å². The Bertz CT molecular complexity index is 775. The minimum Gasteiger partial charge on any atom is -0.497 e. The Kier molecular flexibility index (Phi) is 9.37. The first-order valence-electron chi connectivity index (χ1n) is 9.71. The van der Waals surface area contributed by atoms with Gasteiger partial charge in [0.1, 0.15) is 11.5 Å². The third-order valence-electron chi connectivity index (χ3n) is 5.07. The molecule has 2 aromatic rings. The van der Waals surface area contributed by atoms with Gasteiger partial charge in [-0.25, -0.2) is 0 Å². The van der Waals surface area contributed by atoms with E-state index in [1.807, 2.05) is 31.3 Å². The van der Waals surface area contributed by atoms with Crippen LogP contribution in [0.3, 0.4) is 0 Å². The summed E-state index contributed by atoms with van der Waals surface area (Å²) in [6.07, 6.45) is 0.951. The van der Waals surface area contributed by atoms with Crippen molar-refractivity contribution in [3.63, 3.8) is 0 Å². The number of nitrogens with zero attached hydrogens (tertiary/aromatic N) is 3. The van der Waals surface area contributed by atoms with E-state index in [0.717, 1.165) is 56.6 Å². The minimum absolute atomic E-state index is 0. The molecular formula is C22H31IN4O2. The maximum absolute atomic E-state index is 5.34. The topological polar surface area (TPSA) is 49.3 Å². The third-order valence-corrected chi connectivity index (χ3v) is 5.07. The van der Waals surface area contributed by atoms with Crippen molar-refractivity contribution in [2.45, 2.75) is 6.42 Å². The second kappa shape index (κ2) is 11.7. The van der Waals surface area contributed by atoms with Gasteiger partial charge in [0.25, 0.3) is 0 Å². The summed E-state index contributed by atoms with van der Waals surface area (Å²) in [7, 11) is 5.25. The molecule has 0 unspecified atom stereocenters. The summed E-state index contributed by atoms with van der Waals surface area (Å²) in [4.78, 5) is 9.19. The molecule has 0 spiro atoms. The Morgan fingerprint density at radius 2 is 1.66 bits per heavy atom. The molecule has 1 aliphatic rings. The number of benzene rings is 2. The summed E-state index contributed by atoms with van der Waals surface area (Å²) >= 11 is 0. The molecule has 0 radical (unpaired) electrons. The fraction of sp³-hybridized carbons (Fsp3) is 0.409. The molecule has 0 saturated carbocycles. The number of methoxy groups -OCH3 is 2. The predicted octanol–water partition coefficient (Wildman–Crippen LogP) is 3.26. The first kappa shape index (κ1) is 23.1. The molecule has 1 aliphatic heterocycles. The highest BCUT2D eigenvalue weighted by Crippen LogP contribution is 2.22. The first-order valence-corrected chi connectivity index (χ1v) is 9.71. The van der Waals surface area contributed by atoms with Gasteiger partial charge in [-0.15, -0.1) is 24.0 Å². The molecule has 2 aromatic carbocycles. The largest absolute Gasteiger partial charge is 0.497 e. The molecule has 1 fully saturated rings. The number of rotatable bonds is 6. The number of piperazine rings is 1. The molecule has 0 atom stereocenters. The summed E-state index contributed by atoms with van der Waals surface area (Å²) in [6.45, 7) is 4.67. The van der Waals surface area contributed by atoms with E-state index in [-0.39, 0.29) is 24.0 Å². The Morgan fingerprint density at radius 3 is 2.28 bits per heavy atom. The van der Waals surface area contributed by atoms with Crippen molar-refractivity contribution in [2.75, 3.05) is 58.9 Å². The number of hydrogen-bond acceptors (Lipinski definition) is 4. The zero-order chi connectivity index (χ0) is 19.8. The fourth-order valence-electron chi connectivity index (χ4n) is 3.43. The van der Waals surface area contributed by atoms with Gasteiger partial charge in [-0.1, -0.05) is 18.2 Å². The van der Waals surface area contributed by atoms with Gasteiger partial charge in [-0.2, -0.15) is 0 Å². The number of nitrogens with one attached hydrogen (secondary N) is 1. The maximum Gasteiger partial charge on any atom is 0.193 e. The Labute approximate surface area is 190 Å². The van der Waals surface area contributed by atoms with Gasteiger partial charge in [0.2, 0.25) is 0 Å². The summed E-state index contributed by atoms with van der Waals surface area (Å²) in [5.74, 6) is 2.76. The SMILES string of the molecule is CN=C(NCCc1ccc(OC)cc1)N1CCN(c2cccc(OC)c2)CC1.I. The third kappa shape index (κ3) is 6.42. The average Bonchev–Trinajstić information content (AvgIpc) is 2.77. The Hall–Kier alpha value is -2.16. The van der Waals surface area contributed by atoms with Crippen LogP contribution in [-0.4, -0.2) is 64.9 Å². The van der Waals surface area contributed by atoms with Crippen LogP contribution in [-0.2, 0) is 6.42 Å². The van der Waals surface area contributed by atoms with Gasteiger partial charge in [-0.05, 0) is 36.2 Å². The molecule has 29 heavy (non-hydrogen) atoms. The molecule has 1 saturated heterocycles. The smallest absolute Gasteiger partial charge is 0.193 e. The van der Waals surface area contributed by atoms with Crippen LogP contribution in [0.25, 0.3) is 0 Å². The van der Waals surface area contributed by atoms with Gasteiger partial charge < -0.3 is 24.6 Å². The van der Waals surface area contributed by atoms with Gasteiger partial charge in [0.05, 0.1) is 14.2 Å². The molecule has 0 aromatic heterocycles. The lowest BCUT2D eigenvalue weighted by Crippen LogP contribution is -2.52. The van der Waals surface area contributed by atoms with Crippen molar-refractivity contribution < 1.29 is 9.47 Å². The fourth-order valence-corrected chi connectivity index (χ4v) is 3.43. The molecule has 158 valence electrons. The highest BCUT2D eigenvalue weighted by Gasteiger charge is 2.20.